The highest BCUT2D eigenvalue weighted by Gasteiger charge is 2.09. The van der Waals surface area contributed by atoms with Crippen LogP contribution in [0.5, 0.6) is 5.75 Å². The fraction of sp³-hybridized carbons (Fsp3) is 0.125. The van der Waals surface area contributed by atoms with Crippen molar-refractivity contribution in [1.29, 1.82) is 0 Å². The molecule has 0 aliphatic heterocycles. The Morgan fingerprint density at radius 2 is 2.04 bits per heavy atom. The summed E-state index contributed by atoms with van der Waals surface area (Å²) in [6, 6.07) is 11.9. The number of pyridine rings is 1. The van der Waals surface area contributed by atoms with Crippen molar-refractivity contribution in [1.82, 2.24) is 9.97 Å². The number of halogens is 2. The van der Waals surface area contributed by atoms with Gasteiger partial charge in [0.15, 0.2) is 16.7 Å². The quantitative estimate of drug-likeness (QED) is 0.613. The lowest BCUT2D eigenvalue weighted by molar-refractivity contribution is 0.306. The van der Waals surface area contributed by atoms with Gasteiger partial charge in [-0.1, -0.05) is 30.3 Å². The molecule has 120 valence electrons. The predicted octanol–water partition coefficient (Wildman–Crippen LogP) is 5.35. The highest BCUT2D eigenvalue weighted by Crippen LogP contribution is 2.30. The van der Waals surface area contributed by atoms with Crippen LogP contribution >= 0.6 is 39.7 Å². The summed E-state index contributed by atoms with van der Waals surface area (Å²) < 4.78 is 6.78. The number of aryl methyl sites for hydroxylation is 1. The zero-order valence-electron chi connectivity index (χ0n) is 12.3. The van der Waals surface area contributed by atoms with Crippen molar-refractivity contribution in [3.05, 3.63) is 63.7 Å². The molecule has 0 fully saturated rings. The molecule has 0 aliphatic carbocycles. The van der Waals surface area contributed by atoms with Gasteiger partial charge in [-0.25, -0.2) is 9.97 Å². The maximum atomic E-state index is 5.90. The topological polar surface area (TPSA) is 47.0 Å². The first kappa shape index (κ1) is 17.7. The summed E-state index contributed by atoms with van der Waals surface area (Å²) in [5, 5.41) is 6.00. The van der Waals surface area contributed by atoms with Crippen molar-refractivity contribution in [3.63, 3.8) is 0 Å². The van der Waals surface area contributed by atoms with E-state index in [-0.39, 0.29) is 12.4 Å². The van der Waals surface area contributed by atoms with Crippen LogP contribution in [0.2, 0.25) is 0 Å². The van der Waals surface area contributed by atoms with E-state index in [0.717, 1.165) is 20.9 Å². The third-order valence-electron chi connectivity index (χ3n) is 2.90. The highest BCUT2D eigenvalue weighted by molar-refractivity contribution is 9.10. The third-order valence-corrected chi connectivity index (χ3v) is 4.21. The van der Waals surface area contributed by atoms with Crippen molar-refractivity contribution in [2.45, 2.75) is 13.5 Å². The minimum atomic E-state index is 0. The van der Waals surface area contributed by atoms with Crippen LogP contribution < -0.4 is 10.1 Å². The van der Waals surface area contributed by atoms with Crippen LogP contribution in [-0.2, 0) is 6.61 Å². The van der Waals surface area contributed by atoms with Crippen LogP contribution in [0.1, 0.15) is 11.3 Å². The summed E-state index contributed by atoms with van der Waals surface area (Å²) in [7, 11) is 0. The average Bonchev–Trinajstić information content (AvgIpc) is 2.94. The van der Waals surface area contributed by atoms with Gasteiger partial charge in [-0.15, -0.1) is 23.7 Å². The fourth-order valence-electron chi connectivity index (χ4n) is 1.87. The Balaban J connectivity index is 0.00000192. The van der Waals surface area contributed by atoms with Crippen LogP contribution in [0.25, 0.3) is 0 Å². The van der Waals surface area contributed by atoms with E-state index < -0.39 is 0 Å². The molecule has 2 heterocycles. The minimum Gasteiger partial charge on any atom is -0.485 e. The molecule has 4 nitrogen and oxygen atoms in total. The van der Waals surface area contributed by atoms with Gasteiger partial charge in [0.2, 0.25) is 0 Å². The Morgan fingerprint density at radius 1 is 1.26 bits per heavy atom. The second-order valence-electron chi connectivity index (χ2n) is 4.69. The monoisotopic (exact) mass is 411 g/mol. The van der Waals surface area contributed by atoms with Gasteiger partial charge in [0.1, 0.15) is 6.61 Å². The summed E-state index contributed by atoms with van der Waals surface area (Å²) in [5.74, 6) is 1.35. The molecule has 0 saturated heterocycles. The predicted molar refractivity (Wildman–Crippen MR) is 100 cm³/mol. The first-order valence-electron chi connectivity index (χ1n) is 6.72. The van der Waals surface area contributed by atoms with Crippen LogP contribution in [0.3, 0.4) is 0 Å². The number of nitrogens with one attached hydrogen (secondary N) is 1. The van der Waals surface area contributed by atoms with E-state index in [0.29, 0.717) is 18.2 Å². The molecule has 0 aliphatic rings. The maximum Gasteiger partial charge on any atom is 0.188 e. The van der Waals surface area contributed by atoms with Crippen LogP contribution in [0.15, 0.2) is 52.4 Å². The molecule has 3 aromatic rings. The van der Waals surface area contributed by atoms with Gasteiger partial charge in [-0.2, -0.15) is 0 Å². The number of ether oxygens (including phenoxy) is 1. The number of benzene rings is 1. The lowest BCUT2D eigenvalue weighted by Gasteiger charge is -2.11. The van der Waals surface area contributed by atoms with E-state index in [2.05, 4.69) is 31.2 Å². The lowest BCUT2D eigenvalue weighted by atomic mass is 10.2. The van der Waals surface area contributed by atoms with E-state index in [1.807, 2.05) is 48.7 Å². The van der Waals surface area contributed by atoms with Gasteiger partial charge in [-0.3, -0.25) is 0 Å². The van der Waals surface area contributed by atoms with Crippen molar-refractivity contribution < 1.29 is 4.74 Å². The number of aromatic nitrogens is 2. The molecular weight excluding hydrogens is 398 g/mol. The molecule has 0 amide bonds. The van der Waals surface area contributed by atoms with E-state index in [9.17, 15) is 0 Å². The van der Waals surface area contributed by atoms with E-state index in [4.69, 9.17) is 4.74 Å². The third kappa shape index (κ3) is 4.92. The molecule has 0 spiro atoms. The molecule has 7 heteroatoms. The minimum absolute atomic E-state index is 0. The maximum absolute atomic E-state index is 5.90. The Morgan fingerprint density at radius 3 is 2.74 bits per heavy atom. The molecule has 1 aromatic carbocycles. The summed E-state index contributed by atoms with van der Waals surface area (Å²) in [4.78, 5) is 8.77. The molecule has 2 aromatic heterocycles. The van der Waals surface area contributed by atoms with Crippen molar-refractivity contribution in [2.75, 3.05) is 5.32 Å². The Labute approximate surface area is 153 Å². The van der Waals surface area contributed by atoms with Crippen molar-refractivity contribution in [2.24, 2.45) is 0 Å². The summed E-state index contributed by atoms with van der Waals surface area (Å²) in [6.45, 7) is 2.45. The van der Waals surface area contributed by atoms with Crippen LogP contribution in [0.4, 0.5) is 10.9 Å². The number of hydrogen-bond acceptors (Lipinski definition) is 5. The van der Waals surface area contributed by atoms with Crippen molar-refractivity contribution >= 4 is 50.6 Å². The second kappa shape index (κ2) is 8.29. The molecule has 0 bridgehead atoms. The molecular formula is C16H15BrClN3OS. The first-order chi connectivity index (χ1) is 10.7. The average molecular weight is 413 g/mol. The largest absolute Gasteiger partial charge is 0.485 e. The number of nitrogens with zero attached hydrogens (tertiary/aromatic N) is 2. The molecule has 0 unspecified atom stereocenters. The molecule has 0 atom stereocenters. The van der Waals surface area contributed by atoms with Gasteiger partial charge in [0.05, 0.1) is 5.69 Å². The number of hydrogen-bond donors (Lipinski definition) is 1. The van der Waals surface area contributed by atoms with Crippen LogP contribution in [-0.4, -0.2) is 9.97 Å². The second-order valence-corrected chi connectivity index (χ2v) is 6.47. The van der Waals surface area contributed by atoms with Gasteiger partial charge in [0, 0.05) is 16.0 Å². The fourth-order valence-corrected chi connectivity index (χ4v) is 2.87. The summed E-state index contributed by atoms with van der Waals surface area (Å²) in [6.07, 6.45) is 1.73. The Bertz CT molecular complexity index is 767. The number of rotatable bonds is 5. The van der Waals surface area contributed by atoms with Crippen molar-refractivity contribution in [3.8, 4) is 5.75 Å². The molecule has 1 N–H and O–H groups in total. The zero-order valence-corrected chi connectivity index (χ0v) is 15.5. The van der Waals surface area contributed by atoms with E-state index in [1.165, 1.54) is 0 Å². The molecule has 0 radical (unpaired) electrons. The number of anilines is 2. The highest BCUT2D eigenvalue weighted by atomic mass is 79.9. The number of thiazole rings is 1. The van der Waals surface area contributed by atoms with Gasteiger partial charge in [0.25, 0.3) is 0 Å². The smallest absolute Gasteiger partial charge is 0.188 e. The van der Waals surface area contributed by atoms with E-state index in [1.54, 1.807) is 17.5 Å². The van der Waals surface area contributed by atoms with Gasteiger partial charge in [-0.05, 0) is 34.5 Å². The standard InChI is InChI=1S/C16H14BrN3OS.ClH/c1-11-10-22-16(19-11)20-15-14(7-13(17)8-18-15)21-9-12-5-3-2-4-6-12;/h2-8,10H,9H2,1H3,(H,18,19,20);1H. The Kier molecular flexibility index (Phi) is 6.38. The van der Waals surface area contributed by atoms with E-state index >= 15 is 0 Å². The summed E-state index contributed by atoms with van der Waals surface area (Å²) >= 11 is 4.97. The van der Waals surface area contributed by atoms with Gasteiger partial charge >= 0.3 is 0 Å². The lowest BCUT2D eigenvalue weighted by Crippen LogP contribution is -2.01. The zero-order chi connectivity index (χ0) is 15.4. The first-order valence-corrected chi connectivity index (χ1v) is 8.39. The van der Waals surface area contributed by atoms with Crippen LogP contribution in [0, 0.1) is 6.92 Å². The normalized spacial score (nSPS) is 10.0. The summed E-state index contributed by atoms with van der Waals surface area (Å²) in [5.41, 5.74) is 2.09. The molecule has 23 heavy (non-hydrogen) atoms. The molecule has 3 rings (SSSR count). The molecule has 0 saturated carbocycles. The SMILES string of the molecule is Cc1csc(Nc2ncc(Br)cc2OCc2ccccc2)n1.Cl. The van der Waals surface area contributed by atoms with Gasteiger partial charge < -0.3 is 10.1 Å². The Hall–Kier alpha value is -1.63.